The van der Waals surface area contributed by atoms with E-state index in [0.29, 0.717) is 42.7 Å². The minimum Gasteiger partial charge on any atom is -0.335 e. The van der Waals surface area contributed by atoms with Gasteiger partial charge < -0.3 is 9.88 Å². The van der Waals surface area contributed by atoms with E-state index in [0.717, 1.165) is 0 Å². The Morgan fingerprint density at radius 2 is 1.93 bits per heavy atom. The van der Waals surface area contributed by atoms with Crippen LogP contribution in [0.2, 0.25) is 0 Å². The van der Waals surface area contributed by atoms with Crippen LogP contribution in [-0.4, -0.2) is 27.3 Å². The molecule has 0 aliphatic carbocycles. The van der Waals surface area contributed by atoms with Crippen molar-refractivity contribution in [2.45, 2.75) is 40.2 Å². The standard InChI is InChI=1S/C22H25N3O2/c1-4-25(21(26)12-11-17-10-9-15(2)13-16(17)3)14-20-23-19-8-6-5-7-18(19)22(27)24-20/h5-10,13H,4,11-12,14H2,1-3H3,(H,23,24,27). The first kappa shape index (κ1) is 18.8. The van der Waals surface area contributed by atoms with E-state index in [1.165, 1.54) is 16.7 Å². The fourth-order valence-corrected chi connectivity index (χ4v) is 3.29. The lowest BCUT2D eigenvalue weighted by molar-refractivity contribution is -0.131. The van der Waals surface area contributed by atoms with Gasteiger partial charge in [0.15, 0.2) is 0 Å². The van der Waals surface area contributed by atoms with Gasteiger partial charge in [0.2, 0.25) is 5.91 Å². The number of rotatable bonds is 6. The molecule has 5 nitrogen and oxygen atoms in total. The van der Waals surface area contributed by atoms with Gasteiger partial charge in [0.25, 0.3) is 5.56 Å². The Kier molecular flexibility index (Phi) is 5.69. The summed E-state index contributed by atoms with van der Waals surface area (Å²) in [4.78, 5) is 33.9. The van der Waals surface area contributed by atoms with Gasteiger partial charge in [-0.25, -0.2) is 4.98 Å². The molecule has 1 heterocycles. The maximum absolute atomic E-state index is 12.7. The van der Waals surface area contributed by atoms with Gasteiger partial charge in [-0.15, -0.1) is 0 Å². The maximum atomic E-state index is 12.7. The van der Waals surface area contributed by atoms with Crippen LogP contribution in [0.25, 0.3) is 10.9 Å². The molecule has 0 aliphatic heterocycles. The molecular formula is C22H25N3O2. The summed E-state index contributed by atoms with van der Waals surface area (Å²) < 4.78 is 0. The number of para-hydroxylation sites is 1. The first-order chi connectivity index (χ1) is 13.0. The third-order valence-corrected chi connectivity index (χ3v) is 4.84. The van der Waals surface area contributed by atoms with Crippen molar-refractivity contribution >= 4 is 16.8 Å². The summed E-state index contributed by atoms with van der Waals surface area (Å²) in [5, 5.41) is 0.561. The molecule has 0 atom stereocenters. The SMILES string of the molecule is CCN(Cc1nc2ccccc2c(=O)[nH]1)C(=O)CCc1ccc(C)cc1C. The summed E-state index contributed by atoms with van der Waals surface area (Å²) in [6, 6.07) is 13.5. The number of hydrogen-bond acceptors (Lipinski definition) is 3. The molecule has 0 saturated carbocycles. The number of benzene rings is 2. The Balaban J connectivity index is 1.71. The van der Waals surface area contributed by atoms with E-state index in [1.807, 2.05) is 25.1 Å². The Bertz CT molecular complexity index is 1020. The van der Waals surface area contributed by atoms with Crippen LogP contribution in [0.15, 0.2) is 47.3 Å². The fourth-order valence-electron chi connectivity index (χ4n) is 3.29. The highest BCUT2D eigenvalue weighted by atomic mass is 16.2. The minimum atomic E-state index is -0.172. The van der Waals surface area contributed by atoms with Crippen molar-refractivity contribution < 1.29 is 4.79 Å². The first-order valence-electron chi connectivity index (χ1n) is 9.29. The molecule has 0 fully saturated rings. The zero-order valence-corrected chi connectivity index (χ0v) is 16.1. The molecule has 5 heteroatoms. The van der Waals surface area contributed by atoms with Crippen molar-refractivity contribution in [3.8, 4) is 0 Å². The lowest BCUT2D eigenvalue weighted by atomic mass is 10.0. The largest absolute Gasteiger partial charge is 0.335 e. The summed E-state index contributed by atoms with van der Waals surface area (Å²) in [5.74, 6) is 0.577. The average Bonchev–Trinajstić information content (AvgIpc) is 2.65. The van der Waals surface area contributed by atoms with Gasteiger partial charge in [-0.2, -0.15) is 0 Å². The van der Waals surface area contributed by atoms with Crippen LogP contribution in [0.4, 0.5) is 0 Å². The molecule has 1 N–H and O–H groups in total. The van der Waals surface area contributed by atoms with E-state index in [2.05, 4.69) is 42.0 Å². The third-order valence-electron chi connectivity index (χ3n) is 4.84. The van der Waals surface area contributed by atoms with Gasteiger partial charge in [0.1, 0.15) is 5.82 Å². The van der Waals surface area contributed by atoms with Gasteiger partial charge >= 0.3 is 0 Å². The molecule has 0 unspecified atom stereocenters. The number of H-pyrrole nitrogens is 1. The highest BCUT2D eigenvalue weighted by Gasteiger charge is 2.15. The maximum Gasteiger partial charge on any atom is 0.258 e. The number of nitrogens with zero attached hydrogens (tertiary/aromatic N) is 2. The van der Waals surface area contributed by atoms with Crippen LogP contribution in [0.5, 0.6) is 0 Å². The number of carbonyl (C=O) groups excluding carboxylic acids is 1. The molecule has 0 spiro atoms. The summed E-state index contributed by atoms with van der Waals surface area (Å²) in [7, 11) is 0. The Labute approximate surface area is 159 Å². The van der Waals surface area contributed by atoms with Gasteiger partial charge in [-0.05, 0) is 50.5 Å². The molecule has 0 saturated heterocycles. The van der Waals surface area contributed by atoms with E-state index in [-0.39, 0.29) is 11.5 Å². The highest BCUT2D eigenvalue weighted by Crippen LogP contribution is 2.14. The van der Waals surface area contributed by atoms with Crippen molar-refractivity contribution in [2.24, 2.45) is 0 Å². The van der Waals surface area contributed by atoms with E-state index in [1.54, 1.807) is 11.0 Å². The summed E-state index contributed by atoms with van der Waals surface area (Å²) in [5.41, 5.74) is 4.11. The molecule has 27 heavy (non-hydrogen) atoms. The Morgan fingerprint density at radius 1 is 1.15 bits per heavy atom. The van der Waals surface area contributed by atoms with E-state index in [4.69, 9.17) is 0 Å². The van der Waals surface area contributed by atoms with Gasteiger partial charge in [-0.1, -0.05) is 35.9 Å². The van der Waals surface area contributed by atoms with Crippen molar-refractivity contribution in [1.82, 2.24) is 14.9 Å². The second-order valence-electron chi connectivity index (χ2n) is 6.87. The van der Waals surface area contributed by atoms with Crippen LogP contribution < -0.4 is 5.56 Å². The summed E-state index contributed by atoms with van der Waals surface area (Å²) >= 11 is 0. The quantitative estimate of drug-likeness (QED) is 0.729. The number of carbonyl (C=O) groups is 1. The number of nitrogens with one attached hydrogen (secondary N) is 1. The molecule has 1 aromatic heterocycles. The number of fused-ring (bicyclic) bond motifs is 1. The number of aromatic amines is 1. The lowest BCUT2D eigenvalue weighted by Gasteiger charge is -2.20. The molecule has 0 bridgehead atoms. The van der Waals surface area contributed by atoms with Crippen molar-refractivity contribution in [3.05, 3.63) is 75.3 Å². The number of aryl methyl sites for hydroxylation is 3. The van der Waals surface area contributed by atoms with Crippen molar-refractivity contribution in [2.75, 3.05) is 6.54 Å². The predicted molar refractivity (Wildman–Crippen MR) is 108 cm³/mol. The first-order valence-corrected chi connectivity index (χ1v) is 9.29. The van der Waals surface area contributed by atoms with Crippen LogP contribution in [-0.2, 0) is 17.8 Å². The molecule has 3 rings (SSSR count). The highest BCUT2D eigenvalue weighted by molar-refractivity contribution is 5.78. The van der Waals surface area contributed by atoms with Crippen LogP contribution in [0.1, 0.15) is 35.9 Å². The fraction of sp³-hybridized carbons (Fsp3) is 0.318. The van der Waals surface area contributed by atoms with Crippen LogP contribution in [0.3, 0.4) is 0 Å². The van der Waals surface area contributed by atoms with E-state index in [9.17, 15) is 9.59 Å². The molecule has 2 aromatic carbocycles. The van der Waals surface area contributed by atoms with Gasteiger partial charge in [0.05, 0.1) is 17.4 Å². The molecule has 0 aliphatic rings. The van der Waals surface area contributed by atoms with Crippen LogP contribution in [0, 0.1) is 13.8 Å². The second kappa shape index (κ2) is 8.16. The molecule has 0 radical (unpaired) electrons. The third kappa shape index (κ3) is 4.42. The Morgan fingerprint density at radius 3 is 2.67 bits per heavy atom. The molecular weight excluding hydrogens is 338 g/mol. The molecule has 3 aromatic rings. The molecule has 1 amide bonds. The second-order valence-corrected chi connectivity index (χ2v) is 6.87. The number of hydrogen-bond donors (Lipinski definition) is 1. The van der Waals surface area contributed by atoms with E-state index < -0.39 is 0 Å². The summed E-state index contributed by atoms with van der Waals surface area (Å²) in [6.07, 6.45) is 1.15. The van der Waals surface area contributed by atoms with Crippen molar-refractivity contribution in [1.29, 1.82) is 0 Å². The normalized spacial score (nSPS) is 10.9. The summed E-state index contributed by atoms with van der Waals surface area (Å²) in [6.45, 7) is 6.96. The van der Waals surface area contributed by atoms with Crippen molar-refractivity contribution in [3.63, 3.8) is 0 Å². The monoisotopic (exact) mass is 363 g/mol. The predicted octanol–water partition coefficient (Wildman–Crippen LogP) is 3.52. The lowest BCUT2D eigenvalue weighted by Crippen LogP contribution is -2.32. The zero-order valence-electron chi connectivity index (χ0n) is 16.1. The van der Waals surface area contributed by atoms with Gasteiger partial charge in [0, 0.05) is 13.0 Å². The van der Waals surface area contributed by atoms with E-state index >= 15 is 0 Å². The molecule has 140 valence electrons. The number of amides is 1. The minimum absolute atomic E-state index is 0.0632. The smallest absolute Gasteiger partial charge is 0.258 e. The average molecular weight is 363 g/mol. The Hall–Kier alpha value is -2.95. The van der Waals surface area contributed by atoms with Gasteiger partial charge in [-0.3, -0.25) is 9.59 Å². The number of aromatic nitrogens is 2. The topological polar surface area (TPSA) is 66.1 Å². The van der Waals surface area contributed by atoms with Crippen LogP contribution >= 0.6 is 0 Å². The zero-order chi connectivity index (χ0) is 19.4.